The standard InChI is InChI=1S/C18H31N5O/c1-14(2)12-16-13-23(20-19-16)18-6-10-22(11-7-18)17-4-8-21(9-5-17)15(3)24/h13-14,17-18H,4-12H2,1-3H3. The maximum absolute atomic E-state index is 11.4. The second-order valence-electron chi connectivity index (χ2n) is 7.79. The molecular formula is C18H31N5O. The number of likely N-dealkylation sites (tertiary alicyclic amines) is 2. The van der Waals surface area contributed by atoms with Crippen molar-refractivity contribution in [2.45, 2.75) is 65.0 Å². The molecule has 3 rings (SSSR count). The summed E-state index contributed by atoms with van der Waals surface area (Å²) in [5.41, 5.74) is 1.11. The molecule has 6 heteroatoms. The van der Waals surface area contributed by atoms with E-state index in [0.29, 0.717) is 18.0 Å². The van der Waals surface area contributed by atoms with E-state index < -0.39 is 0 Å². The molecule has 0 saturated carbocycles. The smallest absolute Gasteiger partial charge is 0.219 e. The van der Waals surface area contributed by atoms with E-state index >= 15 is 0 Å². The molecule has 3 heterocycles. The Kier molecular flexibility index (Phi) is 5.54. The van der Waals surface area contributed by atoms with Crippen molar-refractivity contribution < 1.29 is 4.79 Å². The van der Waals surface area contributed by atoms with Crippen LogP contribution in [0.15, 0.2) is 6.20 Å². The first-order valence-corrected chi connectivity index (χ1v) is 9.43. The van der Waals surface area contributed by atoms with Crippen LogP contribution < -0.4 is 0 Å². The summed E-state index contributed by atoms with van der Waals surface area (Å²) in [5.74, 6) is 0.841. The Morgan fingerprint density at radius 2 is 1.75 bits per heavy atom. The Morgan fingerprint density at radius 3 is 2.33 bits per heavy atom. The van der Waals surface area contributed by atoms with Gasteiger partial charge in [0.15, 0.2) is 0 Å². The van der Waals surface area contributed by atoms with E-state index in [0.717, 1.165) is 64.0 Å². The number of piperidine rings is 2. The molecule has 1 aromatic heterocycles. The predicted molar refractivity (Wildman–Crippen MR) is 93.7 cm³/mol. The van der Waals surface area contributed by atoms with Crippen molar-refractivity contribution in [1.82, 2.24) is 24.8 Å². The highest BCUT2D eigenvalue weighted by Crippen LogP contribution is 2.26. The first-order chi connectivity index (χ1) is 11.5. The number of nitrogens with zero attached hydrogens (tertiary/aromatic N) is 5. The van der Waals surface area contributed by atoms with E-state index in [2.05, 4.69) is 39.9 Å². The fourth-order valence-electron chi connectivity index (χ4n) is 4.07. The van der Waals surface area contributed by atoms with E-state index in [4.69, 9.17) is 0 Å². The summed E-state index contributed by atoms with van der Waals surface area (Å²) in [6, 6.07) is 1.14. The van der Waals surface area contributed by atoms with E-state index in [1.807, 2.05) is 4.90 Å². The van der Waals surface area contributed by atoms with Gasteiger partial charge in [0.05, 0.1) is 11.7 Å². The van der Waals surface area contributed by atoms with Crippen LogP contribution in [-0.2, 0) is 11.2 Å². The van der Waals surface area contributed by atoms with Gasteiger partial charge < -0.3 is 9.80 Å². The Morgan fingerprint density at radius 1 is 1.12 bits per heavy atom. The van der Waals surface area contributed by atoms with Crippen molar-refractivity contribution in [3.8, 4) is 0 Å². The van der Waals surface area contributed by atoms with Crippen LogP contribution >= 0.6 is 0 Å². The van der Waals surface area contributed by atoms with Crippen molar-refractivity contribution in [1.29, 1.82) is 0 Å². The SMILES string of the molecule is CC(=O)N1CCC(N2CCC(n3cc(CC(C)C)nn3)CC2)CC1. The normalized spacial score (nSPS) is 21.6. The summed E-state index contributed by atoms with van der Waals surface area (Å²) in [6.45, 7) is 10.2. The fraction of sp³-hybridized carbons (Fsp3) is 0.833. The molecule has 2 saturated heterocycles. The van der Waals surface area contributed by atoms with E-state index in [1.54, 1.807) is 6.92 Å². The molecule has 0 unspecified atom stereocenters. The third kappa shape index (κ3) is 4.15. The zero-order valence-electron chi connectivity index (χ0n) is 15.3. The van der Waals surface area contributed by atoms with Crippen LogP contribution in [0.3, 0.4) is 0 Å². The van der Waals surface area contributed by atoms with Crippen LogP contribution in [0.25, 0.3) is 0 Å². The molecule has 0 aliphatic carbocycles. The first kappa shape index (κ1) is 17.4. The zero-order chi connectivity index (χ0) is 17.1. The topological polar surface area (TPSA) is 54.3 Å². The van der Waals surface area contributed by atoms with Gasteiger partial charge in [-0.05, 0) is 38.0 Å². The molecule has 2 aliphatic heterocycles. The van der Waals surface area contributed by atoms with Gasteiger partial charge in [0.1, 0.15) is 0 Å². The van der Waals surface area contributed by atoms with Crippen LogP contribution in [0.2, 0.25) is 0 Å². The molecule has 0 N–H and O–H groups in total. The van der Waals surface area contributed by atoms with Gasteiger partial charge in [-0.15, -0.1) is 5.10 Å². The zero-order valence-corrected chi connectivity index (χ0v) is 15.3. The summed E-state index contributed by atoms with van der Waals surface area (Å²) in [4.78, 5) is 16.1. The van der Waals surface area contributed by atoms with Crippen LogP contribution in [0, 0.1) is 5.92 Å². The van der Waals surface area contributed by atoms with Gasteiger partial charge in [-0.25, -0.2) is 4.68 Å². The minimum atomic E-state index is 0.218. The number of hydrogen-bond acceptors (Lipinski definition) is 4. The van der Waals surface area contributed by atoms with Crippen molar-refractivity contribution in [2.75, 3.05) is 26.2 Å². The third-order valence-electron chi connectivity index (χ3n) is 5.47. The van der Waals surface area contributed by atoms with Crippen LogP contribution in [0.5, 0.6) is 0 Å². The summed E-state index contributed by atoms with van der Waals surface area (Å²) >= 11 is 0. The molecule has 24 heavy (non-hydrogen) atoms. The minimum absolute atomic E-state index is 0.218. The van der Waals surface area contributed by atoms with Crippen molar-refractivity contribution in [2.24, 2.45) is 5.92 Å². The van der Waals surface area contributed by atoms with Crippen molar-refractivity contribution >= 4 is 5.91 Å². The van der Waals surface area contributed by atoms with Gasteiger partial charge in [-0.2, -0.15) is 0 Å². The van der Waals surface area contributed by atoms with Gasteiger partial charge in [-0.3, -0.25) is 4.79 Å². The van der Waals surface area contributed by atoms with E-state index in [-0.39, 0.29) is 5.91 Å². The monoisotopic (exact) mass is 333 g/mol. The van der Waals surface area contributed by atoms with Gasteiger partial charge in [0.2, 0.25) is 5.91 Å². The summed E-state index contributed by atoms with van der Waals surface area (Å²) in [5, 5.41) is 8.69. The van der Waals surface area contributed by atoms with Crippen molar-refractivity contribution in [3.63, 3.8) is 0 Å². The Bertz CT molecular complexity index is 539. The lowest BCUT2D eigenvalue weighted by molar-refractivity contribution is -0.130. The number of amides is 1. The number of rotatable bonds is 4. The number of hydrogen-bond donors (Lipinski definition) is 0. The molecule has 0 radical (unpaired) electrons. The molecule has 0 spiro atoms. The molecule has 134 valence electrons. The number of aromatic nitrogens is 3. The summed E-state index contributed by atoms with van der Waals surface area (Å²) in [7, 11) is 0. The molecule has 0 atom stereocenters. The van der Waals surface area contributed by atoms with Crippen LogP contribution in [0.1, 0.15) is 58.2 Å². The van der Waals surface area contributed by atoms with Gasteiger partial charge in [0, 0.05) is 45.3 Å². The largest absolute Gasteiger partial charge is 0.343 e. The van der Waals surface area contributed by atoms with Crippen LogP contribution in [0.4, 0.5) is 0 Å². The second kappa shape index (κ2) is 7.64. The maximum Gasteiger partial charge on any atom is 0.219 e. The summed E-state index contributed by atoms with van der Waals surface area (Å²) < 4.78 is 2.09. The Balaban J connectivity index is 1.47. The number of carbonyl (C=O) groups excluding carboxylic acids is 1. The Labute approximate surface area is 145 Å². The molecule has 1 aromatic rings. The lowest BCUT2D eigenvalue weighted by Gasteiger charge is -2.41. The third-order valence-corrected chi connectivity index (χ3v) is 5.47. The van der Waals surface area contributed by atoms with Gasteiger partial charge in [0.25, 0.3) is 0 Å². The highest BCUT2D eigenvalue weighted by molar-refractivity contribution is 5.73. The highest BCUT2D eigenvalue weighted by Gasteiger charge is 2.29. The molecule has 0 bridgehead atoms. The molecule has 2 aliphatic rings. The van der Waals surface area contributed by atoms with E-state index in [1.165, 1.54) is 0 Å². The molecule has 6 nitrogen and oxygen atoms in total. The average Bonchev–Trinajstić information content (AvgIpc) is 3.03. The maximum atomic E-state index is 11.4. The lowest BCUT2D eigenvalue weighted by atomic mass is 9.98. The fourth-order valence-corrected chi connectivity index (χ4v) is 4.07. The first-order valence-electron chi connectivity index (χ1n) is 9.43. The van der Waals surface area contributed by atoms with Crippen LogP contribution in [-0.4, -0.2) is 62.9 Å². The molecule has 1 amide bonds. The number of carbonyl (C=O) groups is 1. The van der Waals surface area contributed by atoms with E-state index in [9.17, 15) is 4.79 Å². The molecule has 0 aromatic carbocycles. The quantitative estimate of drug-likeness (QED) is 0.847. The summed E-state index contributed by atoms with van der Waals surface area (Å²) in [6.07, 6.45) is 7.69. The van der Waals surface area contributed by atoms with Crippen molar-refractivity contribution in [3.05, 3.63) is 11.9 Å². The molecule has 2 fully saturated rings. The highest BCUT2D eigenvalue weighted by atomic mass is 16.2. The average molecular weight is 333 g/mol. The second-order valence-corrected chi connectivity index (χ2v) is 7.79. The Hall–Kier alpha value is -1.43. The predicted octanol–water partition coefficient (Wildman–Crippen LogP) is 2.12. The molecular weight excluding hydrogens is 302 g/mol. The van der Waals surface area contributed by atoms with Gasteiger partial charge >= 0.3 is 0 Å². The minimum Gasteiger partial charge on any atom is -0.343 e. The van der Waals surface area contributed by atoms with Gasteiger partial charge in [-0.1, -0.05) is 19.1 Å². The lowest BCUT2D eigenvalue weighted by Crippen LogP contribution is -2.48.